The van der Waals surface area contributed by atoms with E-state index in [2.05, 4.69) is 35.4 Å². The van der Waals surface area contributed by atoms with E-state index < -0.39 is 0 Å². The van der Waals surface area contributed by atoms with Gasteiger partial charge >= 0.3 is 0 Å². The van der Waals surface area contributed by atoms with E-state index in [1.54, 1.807) is 7.11 Å². The molecule has 0 atom stereocenters. The monoisotopic (exact) mass is 483 g/mol. The minimum absolute atomic E-state index is 0. The Hall–Kier alpha value is -1.80. The summed E-state index contributed by atoms with van der Waals surface area (Å²) in [5, 5.41) is 3.15. The van der Waals surface area contributed by atoms with Gasteiger partial charge < -0.3 is 20.5 Å². The van der Waals surface area contributed by atoms with Gasteiger partial charge in [-0.25, -0.2) is 4.99 Å². The molecule has 0 aliphatic heterocycles. The molecule has 0 spiro atoms. The van der Waals surface area contributed by atoms with E-state index >= 15 is 0 Å². The lowest BCUT2D eigenvalue weighted by Gasteiger charge is -2.12. The zero-order valence-electron chi connectivity index (χ0n) is 16.3. The summed E-state index contributed by atoms with van der Waals surface area (Å²) < 4.78 is 10.9. The number of rotatable bonds is 9. The van der Waals surface area contributed by atoms with Crippen molar-refractivity contribution in [2.24, 2.45) is 10.7 Å². The van der Waals surface area contributed by atoms with Crippen LogP contribution in [0.3, 0.4) is 0 Å². The SMILES string of the molecule is CCc1cccc(NC(N)=NCc2ccc(C)cc2OCCCOC)c1.I. The van der Waals surface area contributed by atoms with Crippen LogP contribution in [0.4, 0.5) is 5.69 Å². The predicted molar refractivity (Wildman–Crippen MR) is 123 cm³/mol. The van der Waals surface area contributed by atoms with Crippen molar-refractivity contribution < 1.29 is 9.47 Å². The number of nitrogens with two attached hydrogens (primary N) is 1. The van der Waals surface area contributed by atoms with Crippen molar-refractivity contribution in [3.8, 4) is 5.75 Å². The molecule has 0 fully saturated rings. The number of nitrogens with zero attached hydrogens (tertiary/aromatic N) is 1. The van der Waals surface area contributed by atoms with Crippen LogP contribution in [0.5, 0.6) is 5.75 Å². The number of ether oxygens (including phenoxy) is 2. The third kappa shape index (κ3) is 8.17. The van der Waals surface area contributed by atoms with Crippen LogP contribution < -0.4 is 15.8 Å². The average Bonchev–Trinajstić information content (AvgIpc) is 2.64. The molecular formula is C21H30IN3O2. The van der Waals surface area contributed by atoms with E-state index in [-0.39, 0.29) is 24.0 Å². The molecule has 148 valence electrons. The fraction of sp³-hybridized carbons (Fsp3) is 0.381. The van der Waals surface area contributed by atoms with E-state index in [0.717, 1.165) is 35.4 Å². The number of anilines is 1. The first kappa shape index (κ1) is 23.2. The lowest BCUT2D eigenvalue weighted by atomic mass is 10.1. The van der Waals surface area contributed by atoms with Crippen LogP contribution in [-0.2, 0) is 17.7 Å². The summed E-state index contributed by atoms with van der Waals surface area (Å²) in [6, 6.07) is 14.3. The molecule has 0 heterocycles. The Labute approximate surface area is 179 Å². The van der Waals surface area contributed by atoms with Gasteiger partial charge in [0.1, 0.15) is 5.75 Å². The van der Waals surface area contributed by atoms with Gasteiger partial charge in [-0.2, -0.15) is 0 Å². The third-order valence-electron chi connectivity index (χ3n) is 4.00. The zero-order valence-corrected chi connectivity index (χ0v) is 18.7. The Bertz CT molecular complexity index is 735. The molecule has 0 aliphatic carbocycles. The first-order valence-corrected chi connectivity index (χ1v) is 8.99. The number of aryl methyl sites for hydroxylation is 2. The van der Waals surface area contributed by atoms with E-state index in [1.807, 2.05) is 31.2 Å². The summed E-state index contributed by atoms with van der Waals surface area (Å²) in [4.78, 5) is 4.46. The van der Waals surface area contributed by atoms with Crippen molar-refractivity contribution in [2.45, 2.75) is 33.2 Å². The van der Waals surface area contributed by atoms with Gasteiger partial charge in [0.05, 0.1) is 13.2 Å². The van der Waals surface area contributed by atoms with E-state index in [9.17, 15) is 0 Å². The standard InChI is InChI=1S/C21H29N3O2.HI/c1-4-17-7-5-8-19(14-17)24-21(22)23-15-18-10-9-16(2)13-20(18)26-12-6-11-25-3;/h5,7-10,13-14H,4,6,11-12,15H2,1-3H3,(H3,22,23,24);1H. The van der Waals surface area contributed by atoms with Crippen LogP contribution in [-0.4, -0.2) is 26.3 Å². The molecule has 0 saturated carbocycles. The number of nitrogens with one attached hydrogen (secondary N) is 1. The molecule has 3 N–H and O–H groups in total. The lowest BCUT2D eigenvalue weighted by Crippen LogP contribution is -2.22. The average molecular weight is 483 g/mol. The van der Waals surface area contributed by atoms with Crippen LogP contribution in [0.2, 0.25) is 0 Å². The maximum Gasteiger partial charge on any atom is 0.193 e. The Kier molecular flexibility index (Phi) is 10.8. The minimum Gasteiger partial charge on any atom is -0.493 e. The summed E-state index contributed by atoms with van der Waals surface area (Å²) in [6.45, 7) is 5.94. The van der Waals surface area contributed by atoms with Gasteiger partial charge in [0.15, 0.2) is 5.96 Å². The Morgan fingerprint density at radius 1 is 1.15 bits per heavy atom. The number of methoxy groups -OCH3 is 1. The molecule has 0 radical (unpaired) electrons. The van der Waals surface area contributed by atoms with E-state index in [0.29, 0.717) is 25.7 Å². The highest BCUT2D eigenvalue weighted by Crippen LogP contribution is 2.21. The lowest BCUT2D eigenvalue weighted by molar-refractivity contribution is 0.172. The van der Waals surface area contributed by atoms with Crippen LogP contribution in [0.25, 0.3) is 0 Å². The number of hydrogen-bond acceptors (Lipinski definition) is 3. The highest BCUT2D eigenvalue weighted by Gasteiger charge is 2.05. The second kappa shape index (κ2) is 12.6. The molecule has 0 amide bonds. The first-order chi connectivity index (χ1) is 12.6. The van der Waals surface area contributed by atoms with Gasteiger partial charge in [0.2, 0.25) is 0 Å². The van der Waals surface area contributed by atoms with Crippen LogP contribution in [0.1, 0.15) is 30.0 Å². The first-order valence-electron chi connectivity index (χ1n) is 8.99. The van der Waals surface area contributed by atoms with Crippen molar-refractivity contribution in [1.82, 2.24) is 0 Å². The molecule has 6 heteroatoms. The molecule has 0 aliphatic rings. The number of halogens is 1. The quantitative estimate of drug-likeness (QED) is 0.238. The fourth-order valence-electron chi connectivity index (χ4n) is 2.54. The molecule has 0 aromatic heterocycles. The predicted octanol–water partition coefficient (Wildman–Crippen LogP) is 4.52. The molecule has 0 bridgehead atoms. The molecule has 27 heavy (non-hydrogen) atoms. The fourth-order valence-corrected chi connectivity index (χ4v) is 2.54. The maximum atomic E-state index is 6.05. The van der Waals surface area contributed by atoms with Gasteiger partial charge in [-0.15, -0.1) is 24.0 Å². The summed E-state index contributed by atoms with van der Waals surface area (Å²) in [5.74, 6) is 1.25. The van der Waals surface area contributed by atoms with Gasteiger partial charge in [0.25, 0.3) is 0 Å². The molecule has 0 saturated heterocycles. The summed E-state index contributed by atoms with van der Waals surface area (Å²) >= 11 is 0. The number of benzene rings is 2. The smallest absolute Gasteiger partial charge is 0.193 e. The van der Waals surface area contributed by atoms with Crippen molar-refractivity contribution in [2.75, 3.05) is 25.6 Å². The highest BCUT2D eigenvalue weighted by atomic mass is 127. The summed E-state index contributed by atoms with van der Waals surface area (Å²) in [7, 11) is 1.69. The Morgan fingerprint density at radius 2 is 1.96 bits per heavy atom. The molecule has 2 aromatic carbocycles. The molecule has 2 rings (SSSR count). The van der Waals surface area contributed by atoms with Crippen LogP contribution in [0, 0.1) is 6.92 Å². The van der Waals surface area contributed by atoms with Gasteiger partial charge in [-0.1, -0.05) is 31.2 Å². The number of aliphatic imine (C=N–C) groups is 1. The van der Waals surface area contributed by atoms with Gasteiger partial charge in [-0.05, 0) is 42.7 Å². The maximum absolute atomic E-state index is 6.05. The molecule has 2 aromatic rings. The van der Waals surface area contributed by atoms with E-state index in [4.69, 9.17) is 15.2 Å². The third-order valence-corrected chi connectivity index (χ3v) is 4.00. The topological polar surface area (TPSA) is 68.9 Å². The largest absolute Gasteiger partial charge is 0.493 e. The number of guanidine groups is 1. The summed E-state index contributed by atoms with van der Waals surface area (Å²) in [5.41, 5.74) is 10.4. The molecule has 5 nitrogen and oxygen atoms in total. The summed E-state index contributed by atoms with van der Waals surface area (Å²) in [6.07, 6.45) is 1.84. The van der Waals surface area contributed by atoms with Crippen molar-refractivity contribution in [3.63, 3.8) is 0 Å². The highest BCUT2D eigenvalue weighted by molar-refractivity contribution is 14.0. The van der Waals surface area contributed by atoms with Crippen LogP contribution in [0.15, 0.2) is 47.5 Å². The van der Waals surface area contributed by atoms with E-state index in [1.165, 1.54) is 5.56 Å². The van der Waals surface area contributed by atoms with Gasteiger partial charge in [0, 0.05) is 31.4 Å². The van der Waals surface area contributed by atoms with Crippen LogP contribution >= 0.6 is 24.0 Å². The normalized spacial score (nSPS) is 11.0. The molecular weight excluding hydrogens is 453 g/mol. The number of hydrogen-bond donors (Lipinski definition) is 2. The second-order valence-corrected chi connectivity index (χ2v) is 6.19. The minimum atomic E-state index is 0. The van der Waals surface area contributed by atoms with Gasteiger partial charge in [-0.3, -0.25) is 0 Å². The Balaban J connectivity index is 0.00000364. The van der Waals surface area contributed by atoms with Crippen molar-refractivity contribution >= 4 is 35.6 Å². The van der Waals surface area contributed by atoms with Crippen molar-refractivity contribution in [3.05, 3.63) is 59.2 Å². The van der Waals surface area contributed by atoms with Crippen molar-refractivity contribution in [1.29, 1.82) is 0 Å². The second-order valence-electron chi connectivity index (χ2n) is 6.19. The Morgan fingerprint density at radius 3 is 2.70 bits per heavy atom. The zero-order chi connectivity index (χ0) is 18.8. The molecule has 0 unspecified atom stereocenters.